The molecule has 0 amide bonds. The topological polar surface area (TPSA) is 30.5 Å². The summed E-state index contributed by atoms with van der Waals surface area (Å²) in [4.78, 5) is 0. The molecule has 0 aromatic heterocycles. The standard InChI is InChI=1S/C14H20FNO2/c1-17-9-12-13(18-2)4-3-11(14(12)15)10-5-7-16-8-6-10/h3-4,10,16H,5-9H2,1-2H3. The van der Waals surface area contributed by atoms with Crippen molar-refractivity contribution >= 4 is 0 Å². The van der Waals surface area contributed by atoms with Crippen LogP contribution >= 0.6 is 0 Å². The summed E-state index contributed by atoms with van der Waals surface area (Å²) in [5.74, 6) is 0.697. The van der Waals surface area contributed by atoms with Gasteiger partial charge in [0.25, 0.3) is 0 Å². The van der Waals surface area contributed by atoms with Gasteiger partial charge in [0, 0.05) is 7.11 Å². The van der Waals surface area contributed by atoms with Crippen LogP contribution in [-0.4, -0.2) is 27.3 Å². The second kappa shape index (κ2) is 6.16. The van der Waals surface area contributed by atoms with Gasteiger partial charge < -0.3 is 14.8 Å². The van der Waals surface area contributed by atoms with Crippen LogP contribution in [-0.2, 0) is 11.3 Å². The van der Waals surface area contributed by atoms with E-state index in [9.17, 15) is 4.39 Å². The monoisotopic (exact) mass is 253 g/mol. The summed E-state index contributed by atoms with van der Waals surface area (Å²) >= 11 is 0. The largest absolute Gasteiger partial charge is 0.496 e. The summed E-state index contributed by atoms with van der Waals surface area (Å²) in [5.41, 5.74) is 1.32. The summed E-state index contributed by atoms with van der Waals surface area (Å²) in [5, 5.41) is 3.29. The van der Waals surface area contributed by atoms with Crippen LogP contribution in [0.1, 0.15) is 29.9 Å². The molecule has 1 heterocycles. The first kappa shape index (κ1) is 13.3. The van der Waals surface area contributed by atoms with E-state index in [1.165, 1.54) is 0 Å². The lowest BCUT2D eigenvalue weighted by Crippen LogP contribution is -2.27. The summed E-state index contributed by atoms with van der Waals surface area (Å²) < 4.78 is 24.8. The van der Waals surface area contributed by atoms with Crippen molar-refractivity contribution in [2.24, 2.45) is 0 Å². The van der Waals surface area contributed by atoms with E-state index in [2.05, 4.69) is 5.32 Å². The molecule has 1 aliphatic rings. The molecule has 4 heteroatoms. The fourth-order valence-corrected chi connectivity index (χ4v) is 2.54. The third-order valence-corrected chi connectivity index (χ3v) is 3.52. The van der Waals surface area contributed by atoms with Gasteiger partial charge in [-0.15, -0.1) is 0 Å². The van der Waals surface area contributed by atoms with Gasteiger partial charge in [0.15, 0.2) is 0 Å². The highest BCUT2D eigenvalue weighted by Crippen LogP contribution is 2.33. The molecule has 3 nitrogen and oxygen atoms in total. The maximum Gasteiger partial charge on any atom is 0.135 e. The second-order valence-corrected chi connectivity index (χ2v) is 4.61. The quantitative estimate of drug-likeness (QED) is 0.894. The maximum atomic E-state index is 14.5. The minimum atomic E-state index is -0.164. The van der Waals surface area contributed by atoms with Crippen LogP contribution in [0.15, 0.2) is 12.1 Å². The van der Waals surface area contributed by atoms with Gasteiger partial charge in [-0.25, -0.2) is 4.39 Å². The summed E-state index contributed by atoms with van der Waals surface area (Å²) in [6, 6.07) is 3.69. The molecule has 100 valence electrons. The van der Waals surface area contributed by atoms with Crippen molar-refractivity contribution in [2.75, 3.05) is 27.3 Å². The molecule has 1 fully saturated rings. The molecular weight excluding hydrogens is 233 g/mol. The normalized spacial score (nSPS) is 16.8. The third kappa shape index (κ3) is 2.65. The van der Waals surface area contributed by atoms with Gasteiger partial charge in [0.1, 0.15) is 11.6 Å². The maximum absolute atomic E-state index is 14.5. The van der Waals surface area contributed by atoms with Gasteiger partial charge >= 0.3 is 0 Å². The fourth-order valence-electron chi connectivity index (χ4n) is 2.54. The highest BCUT2D eigenvalue weighted by molar-refractivity contribution is 5.40. The Morgan fingerprint density at radius 2 is 2.00 bits per heavy atom. The second-order valence-electron chi connectivity index (χ2n) is 4.61. The number of rotatable bonds is 4. The Morgan fingerprint density at radius 3 is 2.61 bits per heavy atom. The van der Waals surface area contributed by atoms with E-state index in [1.54, 1.807) is 14.2 Å². The van der Waals surface area contributed by atoms with Crippen molar-refractivity contribution in [2.45, 2.75) is 25.4 Å². The van der Waals surface area contributed by atoms with Crippen LogP contribution in [0, 0.1) is 5.82 Å². The average Bonchev–Trinajstić information content (AvgIpc) is 2.42. The van der Waals surface area contributed by atoms with E-state index in [0.717, 1.165) is 31.5 Å². The third-order valence-electron chi connectivity index (χ3n) is 3.52. The first-order valence-corrected chi connectivity index (χ1v) is 6.32. The highest BCUT2D eigenvalue weighted by Gasteiger charge is 2.22. The van der Waals surface area contributed by atoms with Crippen molar-refractivity contribution in [3.8, 4) is 5.75 Å². The van der Waals surface area contributed by atoms with Crippen molar-refractivity contribution in [3.63, 3.8) is 0 Å². The van der Waals surface area contributed by atoms with Gasteiger partial charge in [0.05, 0.1) is 19.3 Å². The summed E-state index contributed by atoms with van der Waals surface area (Å²) in [7, 11) is 3.12. The predicted octanol–water partition coefficient (Wildman–Crippen LogP) is 2.45. The minimum Gasteiger partial charge on any atom is -0.496 e. The van der Waals surface area contributed by atoms with Crippen LogP contribution in [0.2, 0.25) is 0 Å². The number of hydrogen-bond donors (Lipinski definition) is 1. The van der Waals surface area contributed by atoms with E-state index in [0.29, 0.717) is 17.2 Å². The molecule has 1 saturated heterocycles. The number of nitrogens with one attached hydrogen (secondary N) is 1. The fraction of sp³-hybridized carbons (Fsp3) is 0.571. The Labute approximate surface area is 107 Å². The highest BCUT2D eigenvalue weighted by atomic mass is 19.1. The van der Waals surface area contributed by atoms with Crippen molar-refractivity contribution in [1.82, 2.24) is 5.32 Å². The SMILES string of the molecule is COCc1c(OC)ccc(C2CCNCC2)c1F. The first-order valence-electron chi connectivity index (χ1n) is 6.32. The van der Waals surface area contributed by atoms with E-state index >= 15 is 0 Å². The first-order chi connectivity index (χ1) is 8.77. The number of hydrogen-bond acceptors (Lipinski definition) is 3. The predicted molar refractivity (Wildman–Crippen MR) is 68.5 cm³/mol. The molecule has 0 bridgehead atoms. The number of ether oxygens (including phenoxy) is 2. The number of benzene rings is 1. The molecule has 2 rings (SSSR count). The van der Waals surface area contributed by atoms with Crippen LogP contribution in [0.4, 0.5) is 4.39 Å². The van der Waals surface area contributed by atoms with Gasteiger partial charge in [0.2, 0.25) is 0 Å². The molecule has 1 aliphatic heterocycles. The Bertz CT molecular complexity index is 403. The number of piperidine rings is 1. The van der Waals surface area contributed by atoms with Crippen molar-refractivity contribution < 1.29 is 13.9 Å². The van der Waals surface area contributed by atoms with Crippen molar-refractivity contribution in [3.05, 3.63) is 29.1 Å². The van der Waals surface area contributed by atoms with Gasteiger partial charge in [-0.1, -0.05) is 6.07 Å². The number of methoxy groups -OCH3 is 2. The Balaban J connectivity index is 2.33. The molecular formula is C14H20FNO2. The molecule has 1 aromatic rings. The Morgan fingerprint density at radius 1 is 1.28 bits per heavy atom. The summed E-state index contributed by atoms with van der Waals surface area (Å²) in [6.45, 7) is 2.15. The zero-order valence-corrected chi connectivity index (χ0v) is 11.0. The molecule has 0 saturated carbocycles. The number of halogens is 1. The molecule has 1 N–H and O–H groups in total. The van der Waals surface area contributed by atoms with Gasteiger partial charge in [-0.3, -0.25) is 0 Å². The van der Waals surface area contributed by atoms with E-state index in [4.69, 9.17) is 9.47 Å². The zero-order chi connectivity index (χ0) is 13.0. The lowest BCUT2D eigenvalue weighted by Gasteiger charge is -2.24. The lowest BCUT2D eigenvalue weighted by atomic mass is 9.88. The smallest absolute Gasteiger partial charge is 0.135 e. The zero-order valence-electron chi connectivity index (χ0n) is 11.0. The van der Waals surface area contributed by atoms with E-state index in [1.807, 2.05) is 12.1 Å². The Hall–Kier alpha value is -1.13. The van der Waals surface area contributed by atoms with E-state index < -0.39 is 0 Å². The molecule has 0 spiro atoms. The molecule has 18 heavy (non-hydrogen) atoms. The van der Waals surface area contributed by atoms with E-state index in [-0.39, 0.29) is 12.4 Å². The molecule has 0 aliphatic carbocycles. The summed E-state index contributed by atoms with van der Waals surface area (Å²) in [6.07, 6.45) is 1.96. The van der Waals surface area contributed by atoms with Crippen molar-refractivity contribution in [1.29, 1.82) is 0 Å². The van der Waals surface area contributed by atoms with Crippen LogP contribution in [0.25, 0.3) is 0 Å². The Kier molecular flexibility index (Phi) is 4.55. The van der Waals surface area contributed by atoms with Crippen LogP contribution < -0.4 is 10.1 Å². The lowest BCUT2D eigenvalue weighted by molar-refractivity contribution is 0.177. The van der Waals surface area contributed by atoms with Crippen LogP contribution in [0.5, 0.6) is 5.75 Å². The minimum absolute atomic E-state index is 0.164. The molecule has 0 unspecified atom stereocenters. The molecule has 0 atom stereocenters. The van der Waals surface area contributed by atoms with Gasteiger partial charge in [-0.2, -0.15) is 0 Å². The average molecular weight is 253 g/mol. The molecule has 1 aromatic carbocycles. The van der Waals surface area contributed by atoms with Gasteiger partial charge in [-0.05, 0) is 43.5 Å². The van der Waals surface area contributed by atoms with Crippen LogP contribution in [0.3, 0.4) is 0 Å². The molecule has 0 radical (unpaired) electrons.